The predicted octanol–water partition coefficient (Wildman–Crippen LogP) is 2.88. The zero-order valence-corrected chi connectivity index (χ0v) is 7.89. The second-order valence-electron chi connectivity index (χ2n) is 3.49. The first kappa shape index (κ1) is 9.24. The highest BCUT2D eigenvalue weighted by Gasteiger charge is 2.20. The maximum Gasteiger partial charge on any atom is 0.159 e. The van der Waals surface area contributed by atoms with E-state index in [2.05, 4.69) is 12.7 Å². The molecule has 1 aliphatic rings. The van der Waals surface area contributed by atoms with Crippen LogP contribution in [0.5, 0.6) is 0 Å². The van der Waals surface area contributed by atoms with Crippen molar-refractivity contribution in [3.8, 4) is 0 Å². The number of Topliss-reactive ketones (excluding diaryl/α,β-unsaturated/α-hetero) is 1. The minimum absolute atomic E-state index is 0.316. The van der Waals surface area contributed by atoms with Gasteiger partial charge in [-0.1, -0.05) is 25.2 Å². The van der Waals surface area contributed by atoms with Crippen LogP contribution in [0.3, 0.4) is 0 Å². The Balaban J connectivity index is 2.69. The summed E-state index contributed by atoms with van der Waals surface area (Å²) in [4.78, 5) is 11.4. The van der Waals surface area contributed by atoms with E-state index in [9.17, 15) is 4.79 Å². The van der Waals surface area contributed by atoms with Gasteiger partial charge in [0.15, 0.2) is 5.78 Å². The highest BCUT2D eigenvalue weighted by molar-refractivity contribution is 5.96. The number of carbonyl (C=O) groups excluding carboxylic acids is 1. The van der Waals surface area contributed by atoms with Crippen LogP contribution in [0.15, 0.2) is 23.8 Å². The van der Waals surface area contributed by atoms with Crippen LogP contribution in [-0.4, -0.2) is 5.78 Å². The van der Waals surface area contributed by atoms with E-state index in [4.69, 9.17) is 0 Å². The lowest BCUT2D eigenvalue weighted by Crippen LogP contribution is -2.15. The first-order chi connectivity index (χ1) is 5.65. The van der Waals surface area contributed by atoms with Gasteiger partial charge in [-0.05, 0) is 31.3 Å². The maximum atomic E-state index is 11.4. The topological polar surface area (TPSA) is 17.1 Å². The van der Waals surface area contributed by atoms with E-state index in [1.807, 2.05) is 13.8 Å². The van der Waals surface area contributed by atoms with Gasteiger partial charge < -0.3 is 0 Å². The molecule has 66 valence electrons. The highest BCUT2D eigenvalue weighted by atomic mass is 16.1. The third-order valence-electron chi connectivity index (χ3n) is 2.52. The molecule has 1 heteroatoms. The highest BCUT2D eigenvalue weighted by Crippen LogP contribution is 2.26. The van der Waals surface area contributed by atoms with E-state index < -0.39 is 0 Å². The number of ketones is 1. The molecule has 0 radical (unpaired) electrons. The molecule has 0 spiro atoms. The summed E-state index contributed by atoms with van der Waals surface area (Å²) in [5.74, 6) is 0.713. The fourth-order valence-electron chi connectivity index (χ4n) is 1.55. The summed E-state index contributed by atoms with van der Waals surface area (Å²) in [6.07, 6.45) is 4.63. The van der Waals surface area contributed by atoms with Crippen molar-refractivity contribution in [2.24, 2.45) is 5.92 Å². The summed E-state index contributed by atoms with van der Waals surface area (Å²) in [5, 5.41) is 0. The van der Waals surface area contributed by atoms with Gasteiger partial charge >= 0.3 is 0 Å². The van der Waals surface area contributed by atoms with Crippen molar-refractivity contribution in [3.63, 3.8) is 0 Å². The van der Waals surface area contributed by atoms with Gasteiger partial charge in [0, 0.05) is 6.42 Å². The van der Waals surface area contributed by atoms with Crippen LogP contribution in [0, 0.1) is 5.92 Å². The fourth-order valence-corrected chi connectivity index (χ4v) is 1.55. The zero-order valence-electron chi connectivity index (χ0n) is 7.89. The van der Waals surface area contributed by atoms with Crippen molar-refractivity contribution in [1.82, 2.24) is 0 Å². The largest absolute Gasteiger partial charge is 0.295 e. The second kappa shape index (κ2) is 3.70. The minimum Gasteiger partial charge on any atom is -0.295 e. The zero-order chi connectivity index (χ0) is 9.14. The van der Waals surface area contributed by atoms with Crippen molar-refractivity contribution in [1.29, 1.82) is 0 Å². The van der Waals surface area contributed by atoms with Gasteiger partial charge in [-0.2, -0.15) is 0 Å². The summed E-state index contributed by atoms with van der Waals surface area (Å²) in [7, 11) is 0. The third kappa shape index (κ3) is 1.84. The Morgan fingerprint density at radius 3 is 2.83 bits per heavy atom. The first-order valence-electron chi connectivity index (χ1n) is 4.52. The molecule has 0 fully saturated rings. The van der Waals surface area contributed by atoms with Crippen LogP contribution in [0.2, 0.25) is 0 Å². The molecule has 0 aliphatic heterocycles. The van der Waals surface area contributed by atoms with E-state index >= 15 is 0 Å². The Labute approximate surface area is 74.2 Å². The van der Waals surface area contributed by atoms with Crippen molar-refractivity contribution in [3.05, 3.63) is 23.8 Å². The quantitative estimate of drug-likeness (QED) is 0.573. The van der Waals surface area contributed by atoms with E-state index in [0.29, 0.717) is 18.1 Å². The molecular weight excluding hydrogens is 148 g/mol. The molecular formula is C11H16O. The number of hydrogen-bond donors (Lipinski definition) is 0. The van der Waals surface area contributed by atoms with E-state index in [1.165, 1.54) is 0 Å². The Bertz CT molecular complexity index is 235. The van der Waals surface area contributed by atoms with Gasteiger partial charge in [-0.25, -0.2) is 0 Å². The van der Waals surface area contributed by atoms with Crippen molar-refractivity contribution < 1.29 is 4.79 Å². The van der Waals surface area contributed by atoms with Crippen LogP contribution in [0.1, 0.15) is 33.1 Å². The summed E-state index contributed by atoms with van der Waals surface area (Å²) in [6.45, 7) is 7.92. The number of hydrogen-bond acceptors (Lipinski definition) is 1. The third-order valence-corrected chi connectivity index (χ3v) is 2.52. The predicted molar refractivity (Wildman–Crippen MR) is 50.9 cm³/mol. The summed E-state index contributed by atoms with van der Waals surface area (Å²) < 4.78 is 0. The molecule has 0 saturated carbocycles. The molecule has 1 nitrogen and oxygen atoms in total. The molecule has 0 saturated heterocycles. The number of carbonyl (C=O) groups is 1. The maximum absolute atomic E-state index is 11.4. The molecule has 0 N–H and O–H groups in total. The number of allylic oxidation sites excluding steroid dienone is 3. The van der Waals surface area contributed by atoms with Crippen LogP contribution >= 0.6 is 0 Å². The van der Waals surface area contributed by atoms with Crippen molar-refractivity contribution in [2.45, 2.75) is 33.1 Å². The lowest BCUT2D eigenvalue weighted by Gasteiger charge is -2.20. The van der Waals surface area contributed by atoms with E-state index in [0.717, 1.165) is 24.0 Å². The molecule has 1 atom stereocenters. The first-order valence-corrected chi connectivity index (χ1v) is 4.52. The van der Waals surface area contributed by atoms with Crippen LogP contribution in [0.25, 0.3) is 0 Å². The molecule has 0 aromatic heterocycles. The van der Waals surface area contributed by atoms with Gasteiger partial charge in [0.25, 0.3) is 0 Å². The van der Waals surface area contributed by atoms with Crippen molar-refractivity contribution in [2.75, 3.05) is 0 Å². The van der Waals surface area contributed by atoms with Gasteiger partial charge in [-0.15, -0.1) is 0 Å². The summed E-state index contributed by atoms with van der Waals surface area (Å²) in [6, 6.07) is 0. The molecule has 0 amide bonds. The van der Waals surface area contributed by atoms with Crippen LogP contribution in [-0.2, 0) is 4.79 Å². The number of rotatable bonds is 2. The molecule has 0 unspecified atom stereocenters. The molecule has 0 heterocycles. The molecule has 0 bridgehead atoms. The standard InChI is InChI=1S/C11H16O/c1-4-9-5-6-10(8(2)3)7-11(9)12/h5,10H,2,4,6-7H2,1,3H3/t10-/m0/s1. The molecule has 0 aromatic rings. The SMILES string of the molecule is C=C(C)[C@H]1CC=C(CC)C(=O)C1. The molecule has 0 aromatic carbocycles. The Kier molecular flexibility index (Phi) is 2.85. The van der Waals surface area contributed by atoms with Gasteiger partial charge in [-0.3, -0.25) is 4.79 Å². The molecule has 12 heavy (non-hydrogen) atoms. The Morgan fingerprint density at radius 2 is 2.42 bits per heavy atom. The molecule has 1 aliphatic carbocycles. The average Bonchev–Trinajstić information content (AvgIpc) is 2.04. The van der Waals surface area contributed by atoms with Crippen LogP contribution in [0.4, 0.5) is 0 Å². The summed E-state index contributed by atoms with van der Waals surface area (Å²) >= 11 is 0. The smallest absolute Gasteiger partial charge is 0.159 e. The normalized spacial score (nSPS) is 23.7. The van der Waals surface area contributed by atoms with Crippen LogP contribution < -0.4 is 0 Å². The second-order valence-corrected chi connectivity index (χ2v) is 3.49. The molecule has 1 rings (SSSR count). The summed E-state index contributed by atoms with van der Waals surface area (Å²) in [5.41, 5.74) is 2.14. The van der Waals surface area contributed by atoms with Gasteiger partial charge in [0.05, 0.1) is 0 Å². The van der Waals surface area contributed by atoms with Gasteiger partial charge in [0.1, 0.15) is 0 Å². The van der Waals surface area contributed by atoms with Crippen molar-refractivity contribution >= 4 is 5.78 Å². The monoisotopic (exact) mass is 164 g/mol. The lowest BCUT2D eigenvalue weighted by molar-refractivity contribution is -0.116. The lowest BCUT2D eigenvalue weighted by atomic mass is 9.84. The van der Waals surface area contributed by atoms with E-state index in [-0.39, 0.29) is 0 Å². The minimum atomic E-state index is 0.316. The van der Waals surface area contributed by atoms with Gasteiger partial charge in [0.2, 0.25) is 0 Å². The van der Waals surface area contributed by atoms with E-state index in [1.54, 1.807) is 0 Å². The Hall–Kier alpha value is -0.850. The average molecular weight is 164 g/mol. The Morgan fingerprint density at radius 1 is 1.75 bits per heavy atom. The fraction of sp³-hybridized carbons (Fsp3) is 0.545.